The van der Waals surface area contributed by atoms with Gasteiger partial charge in [0.1, 0.15) is 11.4 Å². The van der Waals surface area contributed by atoms with E-state index in [2.05, 4.69) is 5.32 Å². The Morgan fingerprint density at radius 1 is 1.12 bits per heavy atom. The lowest BCUT2D eigenvalue weighted by molar-refractivity contribution is 0.0483. The molecule has 0 radical (unpaired) electrons. The first-order valence-corrected chi connectivity index (χ1v) is 8.68. The summed E-state index contributed by atoms with van der Waals surface area (Å²) in [5.74, 6) is -0.331. The maximum atomic E-state index is 14.0. The molecule has 2 aromatic rings. The molecule has 0 aliphatic heterocycles. The van der Waals surface area contributed by atoms with Gasteiger partial charge in [-0.3, -0.25) is 0 Å². The number of aliphatic hydroxyl groups is 1. The SMILES string of the molecule is CC(C)(C)OC(=O)N[C@H](CO)Cc1cc(F)cc(Cc2ccccc2)c1. The molecule has 0 aliphatic carbocycles. The Kier molecular flexibility index (Phi) is 6.75. The van der Waals surface area contributed by atoms with E-state index in [9.17, 15) is 14.3 Å². The fourth-order valence-electron chi connectivity index (χ4n) is 2.69. The lowest BCUT2D eigenvalue weighted by Gasteiger charge is -2.23. The molecule has 1 amide bonds. The third-order valence-corrected chi connectivity index (χ3v) is 3.69. The predicted molar refractivity (Wildman–Crippen MR) is 99.6 cm³/mol. The average molecular weight is 359 g/mol. The van der Waals surface area contributed by atoms with E-state index < -0.39 is 17.7 Å². The van der Waals surface area contributed by atoms with Crippen molar-refractivity contribution in [2.75, 3.05) is 6.61 Å². The van der Waals surface area contributed by atoms with Crippen LogP contribution >= 0.6 is 0 Å². The molecule has 0 spiro atoms. The number of aliphatic hydroxyl groups excluding tert-OH is 1. The van der Waals surface area contributed by atoms with Crippen molar-refractivity contribution in [1.29, 1.82) is 0 Å². The molecular formula is C21H26FNO3. The molecule has 4 nitrogen and oxygen atoms in total. The fourth-order valence-corrected chi connectivity index (χ4v) is 2.69. The Morgan fingerprint density at radius 2 is 1.77 bits per heavy atom. The Hall–Kier alpha value is -2.40. The zero-order chi connectivity index (χ0) is 19.2. The van der Waals surface area contributed by atoms with E-state index in [-0.39, 0.29) is 12.4 Å². The first-order valence-electron chi connectivity index (χ1n) is 8.68. The molecule has 0 fully saturated rings. The van der Waals surface area contributed by atoms with Gasteiger partial charge in [0.25, 0.3) is 0 Å². The molecule has 2 rings (SSSR count). The van der Waals surface area contributed by atoms with Crippen LogP contribution in [-0.2, 0) is 17.6 Å². The van der Waals surface area contributed by atoms with Gasteiger partial charge in [-0.15, -0.1) is 0 Å². The van der Waals surface area contributed by atoms with Gasteiger partial charge in [-0.05, 0) is 62.4 Å². The minimum Gasteiger partial charge on any atom is -0.444 e. The maximum Gasteiger partial charge on any atom is 0.407 e. The quantitative estimate of drug-likeness (QED) is 0.824. The van der Waals surface area contributed by atoms with Crippen LogP contribution < -0.4 is 5.32 Å². The van der Waals surface area contributed by atoms with Crippen molar-refractivity contribution >= 4 is 6.09 Å². The Balaban J connectivity index is 2.06. The number of rotatable bonds is 6. The molecule has 2 N–H and O–H groups in total. The first kappa shape index (κ1) is 19.9. The molecule has 0 aromatic heterocycles. The van der Waals surface area contributed by atoms with Crippen LogP contribution in [0.2, 0.25) is 0 Å². The van der Waals surface area contributed by atoms with Crippen LogP contribution in [0.15, 0.2) is 48.5 Å². The Morgan fingerprint density at radius 3 is 2.38 bits per heavy atom. The van der Waals surface area contributed by atoms with E-state index in [4.69, 9.17) is 4.74 Å². The molecule has 0 saturated carbocycles. The zero-order valence-corrected chi connectivity index (χ0v) is 15.5. The number of hydrogen-bond acceptors (Lipinski definition) is 3. The highest BCUT2D eigenvalue weighted by Crippen LogP contribution is 2.16. The molecule has 0 bridgehead atoms. The molecular weight excluding hydrogens is 333 g/mol. The van der Waals surface area contributed by atoms with Gasteiger partial charge < -0.3 is 15.2 Å². The molecule has 0 unspecified atom stereocenters. The van der Waals surface area contributed by atoms with Crippen LogP contribution in [0.4, 0.5) is 9.18 Å². The second-order valence-electron chi connectivity index (χ2n) is 7.36. The smallest absolute Gasteiger partial charge is 0.407 e. The number of ether oxygens (including phenoxy) is 1. The van der Waals surface area contributed by atoms with Gasteiger partial charge in [0.05, 0.1) is 12.6 Å². The van der Waals surface area contributed by atoms with Gasteiger partial charge in [0.2, 0.25) is 0 Å². The lowest BCUT2D eigenvalue weighted by Crippen LogP contribution is -2.42. The fraction of sp³-hybridized carbons (Fsp3) is 0.381. The van der Waals surface area contributed by atoms with Gasteiger partial charge in [-0.25, -0.2) is 9.18 Å². The topological polar surface area (TPSA) is 58.6 Å². The predicted octanol–water partition coefficient (Wildman–Crippen LogP) is 3.84. The summed E-state index contributed by atoms with van der Waals surface area (Å²) in [6.45, 7) is 5.04. The first-order chi connectivity index (χ1) is 12.2. The summed E-state index contributed by atoms with van der Waals surface area (Å²) < 4.78 is 19.2. The van der Waals surface area contributed by atoms with Gasteiger partial charge in [0.15, 0.2) is 0 Å². The molecule has 0 heterocycles. The Labute approximate surface area is 154 Å². The summed E-state index contributed by atoms with van der Waals surface area (Å²) in [6.07, 6.45) is 0.335. The summed E-state index contributed by atoms with van der Waals surface area (Å²) in [7, 11) is 0. The van der Waals surface area contributed by atoms with E-state index in [1.54, 1.807) is 20.8 Å². The van der Waals surface area contributed by atoms with Gasteiger partial charge in [0, 0.05) is 0 Å². The van der Waals surface area contributed by atoms with Crippen LogP contribution in [0.1, 0.15) is 37.5 Å². The van der Waals surface area contributed by atoms with Crippen LogP contribution in [0.5, 0.6) is 0 Å². The normalized spacial score (nSPS) is 12.5. The lowest BCUT2D eigenvalue weighted by atomic mass is 9.99. The van der Waals surface area contributed by atoms with Crippen LogP contribution in [0.25, 0.3) is 0 Å². The summed E-state index contributed by atoms with van der Waals surface area (Å²) in [4.78, 5) is 11.9. The van der Waals surface area contributed by atoms with Crippen LogP contribution in [-0.4, -0.2) is 29.4 Å². The summed E-state index contributed by atoms with van der Waals surface area (Å²) in [5.41, 5.74) is 2.03. The second kappa shape index (κ2) is 8.81. The minimum absolute atomic E-state index is 0.260. The molecule has 2 aromatic carbocycles. The van der Waals surface area contributed by atoms with Gasteiger partial charge >= 0.3 is 6.09 Å². The third-order valence-electron chi connectivity index (χ3n) is 3.69. The van der Waals surface area contributed by atoms with Crippen molar-refractivity contribution in [3.8, 4) is 0 Å². The number of amides is 1. The van der Waals surface area contributed by atoms with Crippen molar-refractivity contribution in [3.05, 3.63) is 71.0 Å². The highest BCUT2D eigenvalue weighted by atomic mass is 19.1. The van der Waals surface area contributed by atoms with E-state index in [0.29, 0.717) is 18.4 Å². The molecule has 1 atom stereocenters. The number of alkyl carbamates (subject to hydrolysis) is 1. The van der Waals surface area contributed by atoms with E-state index in [1.807, 2.05) is 36.4 Å². The maximum absolute atomic E-state index is 14.0. The number of nitrogens with one attached hydrogen (secondary N) is 1. The summed E-state index contributed by atoms with van der Waals surface area (Å²) >= 11 is 0. The van der Waals surface area contributed by atoms with Crippen molar-refractivity contribution in [2.24, 2.45) is 0 Å². The van der Waals surface area contributed by atoms with Crippen molar-refractivity contribution < 1.29 is 19.0 Å². The van der Waals surface area contributed by atoms with Gasteiger partial charge in [-0.2, -0.15) is 0 Å². The van der Waals surface area contributed by atoms with Crippen molar-refractivity contribution in [1.82, 2.24) is 5.32 Å². The largest absolute Gasteiger partial charge is 0.444 e. The van der Waals surface area contributed by atoms with Crippen molar-refractivity contribution in [3.63, 3.8) is 0 Å². The zero-order valence-electron chi connectivity index (χ0n) is 15.5. The monoisotopic (exact) mass is 359 g/mol. The highest BCUT2D eigenvalue weighted by molar-refractivity contribution is 5.68. The van der Waals surface area contributed by atoms with E-state index >= 15 is 0 Å². The average Bonchev–Trinajstić information content (AvgIpc) is 2.52. The summed E-state index contributed by atoms with van der Waals surface area (Å²) in [5, 5.41) is 12.2. The molecule has 0 aliphatic rings. The number of benzene rings is 2. The minimum atomic E-state index is -0.619. The number of carbonyl (C=O) groups excluding carboxylic acids is 1. The van der Waals surface area contributed by atoms with Gasteiger partial charge in [-0.1, -0.05) is 36.4 Å². The second-order valence-corrected chi connectivity index (χ2v) is 7.36. The molecule has 0 saturated heterocycles. The molecule has 140 valence electrons. The number of halogens is 1. The van der Waals surface area contributed by atoms with Crippen LogP contribution in [0.3, 0.4) is 0 Å². The molecule has 26 heavy (non-hydrogen) atoms. The molecule has 5 heteroatoms. The van der Waals surface area contributed by atoms with Crippen molar-refractivity contribution in [2.45, 2.75) is 45.3 Å². The Bertz CT molecular complexity index is 726. The van der Waals surface area contributed by atoms with Crippen LogP contribution in [0, 0.1) is 5.82 Å². The standard InChI is InChI=1S/C21H26FNO3/c1-21(2,3)26-20(25)23-19(14-24)13-17-10-16(11-18(22)12-17)9-15-7-5-4-6-8-15/h4-8,10-12,19,24H,9,13-14H2,1-3H3,(H,23,25)/t19-/m0/s1. The number of carbonyl (C=O) groups is 1. The summed E-state index contributed by atoms with van der Waals surface area (Å²) in [6, 6.07) is 14.1. The third kappa shape index (κ3) is 6.84. The van der Waals surface area contributed by atoms with E-state index in [0.717, 1.165) is 11.1 Å². The van der Waals surface area contributed by atoms with E-state index in [1.165, 1.54) is 12.1 Å². The number of hydrogen-bond donors (Lipinski definition) is 2. The highest BCUT2D eigenvalue weighted by Gasteiger charge is 2.19.